The summed E-state index contributed by atoms with van der Waals surface area (Å²) in [6, 6.07) is 1.04. The van der Waals surface area contributed by atoms with E-state index in [2.05, 4.69) is 5.16 Å². The van der Waals surface area contributed by atoms with Gasteiger partial charge in [0.15, 0.2) is 0 Å². The standard InChI is InChI=1S/C9H14N2O2/c1-9(2,3)8-4-7(11-13-8)6(10)5-12/h4-6H,10H2,1-3H3. The summed E-state index contributed by atoms with van der Waals surface area (Å²) in [6.07, 6.45) is 0.643. The van der Waals surface area contributed by atoms with E-state index in [4.69, 9.17) is 10.3 Å². The molecule has 4 nitrogen and oxygen atoms in total. The average molecular weight is 182 g/mol. The smallest absolute Gasteiger partial charge is 0.142 e. The maximum Gasteiger partial charge on any atom is 0.142 e. The van der Waals surface area contributed by atoms with Crippen molar-refractivity contribution in [2.45, 2.75) is 32.2 Å². The summed E-state index contributed by atoms with van der Waals surface area (Å²) >= 11 is 0. The first-order chi connectivity index (χ1) is 5.95. The Kier molecular flexibility index (Phi) is 2.52. The number of aldehydes is 1. The minimum absolute atomic E-state index is 0.103. The Morgan fingerprint density at radius 3 is 2.62 bits per heavy atom. The first kappa shape index (κ1) is 9.92. The summed E-state index contributed by atoms with van der Waals surface area (Å²) in [7, 11) is 0. The predicted molar refractivity (Wildman–Crippen MR) is 48.2 cm³/mol. The van der Waals surface area contributed by atoms with Crippen LogP contribution < -0.4 is 5.73 Å². The molecular weight excluding hydrogens is 168 g/mol. The van der Waals surface area contributed by atoms with E-state index in [1.165, 1.54) is 0 Å². The zero-order chi connectivity index (χ0) is 10.1. The Morgan fingerprint density at radius 1 is 1.62 bits per heavy atom. The van der Waals surface area contributed by atoms with Crippen molar-refractivity contribution in [3.05, 3.63) is 17.5 Å². The van der Waals surface area contributed by atoms with Crippen molar-refractivity contribution in [2.24, 2.45) is 5.73 Å². The van der Waals surface area contributed by atoms with Gasteiger partial charge in [0, 0.05) is 11.5 Å². The van der Waals surface area contributed by atoms with Crippen molar-refractivity contribution in [2.75, 3.05) is 0 Å². The lowest BCUT2D eigenvalue weighted by Gasteiger charge is -2.12. The molecule has 0 saturated carbocycles. The van der Waals surface area contributed by atoms with Gasteiger partial charge < -0.3 is 15.1 Å². The van der Waals surface area contributed by atoms with Crippen molar-refractivity contribution in [1.29, 1.82) is 0 Å². The van der Waals surface area contributed by atoms with E-state index in [0.29, 0.717) is 12.0 Å². The van der Waals surface area contributed by atoms with Gasteiger partial charge in [-0.2, -0.15) is 0 Å². The van der Waals surface area contributed by atoms with Crippen molar-refractivity contribution in [3.63, 3.8) is 0 Å². The molecule has 0 aliphatic rings. The summed E-state index contributed by atoms with van der Waals surface area (Å²) in [5, 5.41) is 3.72. The molecule has 0 aliphatic heterocycles. The first-order valence-electron chi connectivity index (χ1n) is 4.13. The van der Waals surface area contributed by atoms with Gasteiger partial charge in [-0.15, -0.1) is 0 Å². The topological polar surface area (TPSA) is 69.1 Å². The molecule has 1 heterocycles. The van der Waals surface area contributed by atoms with E-state index in [1.807, 2.05) is 20.8 Å². The third-order valence-corrected chi connectivity index (χ3v) is 1.76. The third-order valence-electron chi connectivity index (χ3n) is 1.76. The molecule has 0 saturated heterocycles. The molecule has 1 rings (SSSR count). The van der Waals surface area contributed by atoms with Gasteiger partial charge in [0.05, 0.1) is 0 Å². The Labute approximate surface area is 77.1 Å². The second-order valence-electron chi connectivity index (χ2n) is 4.03. The fourth-order valence-electron chi connectivity index (χ4n) is 0.869. The van der Waals surface area contributed by atoms with Crippen LogP contribution in [0.25, 0.3) is 0 Å². The molecule has 0 aromatic carbocycles. The predicted octanol–water partition coefficient (Wildman–Crippen LogP) is 1.17. The van der Waals surface area contributed by atoms with E-state index >= 15 is 0 Å². The summed E-state index contributed by atoms with van der Waals surface area (Å²) in [4.78, 5) is 10.4. The summed E-state index contributed by atoms with van der Waals surface area (Å²) in [6.45, 7) is 6.01. The second kappa shape index (κ2) is 3.30. The molecule has 4 heteroatoms. The summed E-state index contributed by atoms with van der Waals surface area (Å²) < 4.78 is 5.06. The Bertz CT molecular complexity index is 299. The number of aromatic nitrogens is 1. The number of nitrogens with two attached hydrogens (primary N) is 1. The molecule has 1 atom stereocenters. The van der Waals surface area contributed by atoms with Gasteiger partial charge in [0.25, 0.3) is 0 Å². The molecule has 0 radical (unpaired) electrons. The van der Waals surface area contributed by atoms with Crippen LogP contribution in [0.1, 0.15) is 38.3 Å². The number of hydrogen-bond acceptors (Lipinski definition) is 4. The van der Waals surface area contributed by atoms with E-state index in [0.717, 1.165) is 5.76 Å². The van der Waals surface area contributed by atoms with Gasteiger partial charge in [-0.1, -0.05) is 25.9 Å². The quantitative estimate of drug-likeness (QED) is 0.697. The van der Waals surface area contributed by atoms with Crippen molar-refractivity contribution in [3.8, 4) is 0 Å². The largest absolute Gasteiger partial charge is 0.361 e. The molecule has 1 unspecified atom stereocenters. The summed E-state index contributed by atoms with van der Waals surface area (Å²) in [5.41, 5.74) is 5.84. The van der Waals surface area contributed by atoms with Crippen LogP contribution in [0, 0.1) is 0 Å². The Balaban J connectivity index is 2.93. The minimum atomic E-state index is -0.681. The number of nitrogens with zero attached hydrogens (tertiary/aromatic N) is 1. The van der Waals surface area contributed by atoms with Gasteiger partial charge in [-0.05, 0) is 0 Å². The zero-order valence-electron chi connectivity index (χ0n) is 8.07. The molecule has 1 aromatic rings. The molecule has 2 N–H and O–H groups in total. The number of carbonyl (C=O) groups excluding carboxylic acids is 1. The third kappa shape index (κ3) is 2.15. The molecular formula is C9H14N2O2. The van der Waals surface area contributed by atoms with Crippen molar-refractivity contribution in [1.82, 2.24) is 5.16 Å². The number of hydrogen-bond donors (Lipinski definition) is 1. The SMILES string of the molecule is CC(C)(C)c1cc(C(N)C=O)no1. The highest BCUT2D eigenvalue weighted by atomic mass is 16.5. The maximum absolute atomic E-state index is 10.4. The lowest BCUT2D eigenvalue weighted by Crippen LogP contribution is -2.12. The van der Waals surface area contributed by atoms with E-state index in [9.17, 15) is 4.79 Å². The molecule has 0 aliphatic carbocycles. The van der Waals surface area contributed by atoms with Crippen LogP contribution in [0.15, 0.2) is 10.6 Å². The van der Waals surface area contributed by atoms with Crippen LogP contribution in [0.2, 0.25) is 0 Å². The number of rotatable bonds is 2. The fourth-order valence-corrected chi connectivity index (χ4v) is 0.869. The summed E-state index contributed by atoms with van der Waals surface area (Å²) in [5.74, 6) is 0.736. The second-order valence-corrected chi connectivity index (χ2v) is 4.03. The van der Waals surface area contributed by atoms with Crippen molar-refractivity contribution < 1.29 is 9.32 Å². The maximum atomic E-state index is 10.4. The van der Waals surface area contributed by atoms with Crippen LogP contribution >= 0.6 is 0 Å². The highest BCUT2D eigenvalue weighted by Gasteiger charge is 2.21. The zero-order valence-corrected chi connectivity index (χ0v) is 8.07. The van der Waals surface area contributed by atoms with Gasteiger partial charge >= 0.3 is 0 Å². The first-order valence-corrected chi connectivity index (χ1v) is 4.13. The average Bonchev–Trinajstić information content (AvgIpc) is 2.50. The molecule has 0 spiro atoms. The van der Waals surface area contributed by atoms with Gasteiger partial charge in [0.1, 0.15) is 23.8 Å². The number of carbonyl (C=O) groups is 1. The van der Waals surface area contributed by atoms with Crippen LogP contribution in [-0.4, -0.2) is 11.4 Å². The molecule has 72 valence electrons. The minimum Gasteiger partial charge on any atom is -0.361 e. The highest BCUT2D eigenvalue weighted by Crippen LogP contribution is 2.23. The Morgan fingerprint density at radius 2 is 2.23 bits per heavy atom. The Hall–Kier alpha value is -1.16. The van der Waals surface area contributed by atoms with Crippen LogP contribution in [-0.2, 0) is 10.2 Å². The molecule has 0 bridgehead atoms. The van der Waals surface area contributed by atoms with E-state index in [-0.39, 0.29) is 5.41 Å². The van der Waals surface area contributed by atoms with Crippen LogP contribution in [0.5, 0.6) is 0 Å². The van der Waals surface area contributed by atoms with E-state index < -0.39 is 6.04 Å². The van der Waals surface area contributed by atoms with Crippen LogP contribution in [0.4, 0.5) is 0 Å². The molecule has 0 amide bonds. The van der Waals surface area contributed by atoms with Gasteiger partial charge in [-0.25, -0.2) is 0 Å². The molecule has 0 fully saturated rings. The van der Waals surface area contributed by atoms with Crippen molar-refractivity contribution >= 4 is 6.29 Å². The van der Waals surface area contributed by atoms with Gasteiger partial charge in [-0.3, -0.25) is 0 Å². The highest BCUT2D eigenvalue weighted by molar-refractivity contribution is 5.59. The molecule has 13 heavy (non-hydrogen) atoms. The lowest BCUT2D eigenvalue weighted by atomic mass is 9.93. The van der Waals surface area contributed by atoms with Crippen LogP contribution in [0.3, 0.4) is 0 Å². The van der Waals surface area contributed by atoms with Gasteiger partial charge in [0.2, 0.25) is 0 Å². The van der Waals surface area contributed by atoms with E-state index in [1.54, 1.807) is 6.07 Å². The lowest BCUT2D eigenvalue weighted by molar-refractivity contribution is -0.109. The normalized spacial score (nSPS) is 14.2. The fraction of sp³-hybridized carbons (Fsp3) is 0.556. The monoisotopic (exact) mass is 182 g/mol. The molecule has 1 aromatic heterocycles.